The Hall–Kier alpha value is -0.620. The van der Waals surface area contributed by atoms with Crippen molar-refractivity contribution in [2.45, 2.75) is 44.8 Å². The van der Waals surface area contributed by atoms with Gasteiger partial charge in [-0.15, -0.1) is 11.3 Å². The van der Waals surface area contributed by atoms with Crippen LogP contribution >= 0.6 is 11.3 Å². The molecule has 112 valence electrons. The molecule has 6 heteroatoms. The van der Waals surface area contributed by atoms with E-state index in [2.05, 4.69) is 17.2 Å². The summed E-state index contributed by atoms with van der Waals surface area (Å²) in [5.74, 6) is 1.97. The van der Waals surface area contributed by atoms with E-state index in [0.29, 0.717) is 5.92 Å². The molecule has 0 saturated heterocycles. The maximum Gasteiger partial charge on any atom is 0.443 e. The van der Waals surface area contributed by atoms with Crippen molar-refractivity contribution < 1.29 is 13.2 Å². The molecule has 3 unspecified atom stereocenters. The van der Waals surface area contributed by atoms with Gasteiger partial charge in [-0.1, -0.05) is 13.3 Å². The summed E-state index contributed by atoms with van der Waals surface area (Å²) >= 11 is 0.807. The third-order valence-electron chi connectivity index (χ3n) is 4.54. The third kappa shape index (κ3) is 2.60. The summed E-state index contributed by atoms with van der Waals surface area (Å²) < 4.78 is 38.1. The van der Waals surface area contributed by atoms with Crippen LogP contribution in [0.15, 0.2) is 6.20 Å². The second-order valence-electron chi connectivity index (χ2n) is 5.83. The number of nitrogens with zero attached hydrogens (tertiary/aromatic N) is 1. The van der Waals surface area contributed by atoms with Crippen LogP contribution in [0.2, 0.25) is 0 Å². The highest BCUT2D eigenvalue weighted by Crippen LogP contribution is 2.62. The van der Waals surface area contributed by atoms with Gasteiger partial charge in [0, 0.05) is 17.1 Å². The van der Waals surface area contributed by atoms with E-state index < -0.39 is 11.2 Å². The summed E-state index contributed by atoms with van der Waals surface area (Å²) in [4.78, 5) is 4.33. The van der Waals surface area contributed by atoms with Crippen molar-refractivity contribution in [1.29, 1.82) is 0 Å². The molecule has 2 nitrogen and oxygen atoms in total. The Morgan fingerprint density at radius 2 is 2.10 bits per heavy atom. The minimum Gasteiger partial charge on any atom is -0.309 e. The van der Waals surface area contributed by atoms with Crippen molar-refractivity contribution in [2.75, 3.05) is 6.54 Å². The highest BCUT2D eigenvalue weighted by molar-refractivity contribution is 7.11. The summed E-state index contributed by atoms with van der Waals surface area (Å²) in [7, 11) is 0. The van der Waals surface area contributed by atoms with E-state index in [4.69, 9.17) is 0 Å². The van der Waals surface area contributed by atoms with Crippen molar-refractivity contribution in [3.05, 3.63) is 16.1 Å². The fourth-order valence-electron chi connectivity index (χ4n) is 3.66. The van der Waals surface area contributed by atoms with E-state index in [1.54, 1.807) is 0 Å². The largest absolute Gasteiger partial charge is 0.443 e. The zero-order chi connectivity index (χ0) is 14.3. The minimum atomic E-state index is -4.32. The Morgan fingerprint density at radius 1 is 1.40 bits per heavy atom. The summed E-state index contributed by atoms with van der Waals surface area (Å²) in [5, 5.41) is 2.72. The second kappa shape index (κ2) is 5.30. The van der Waals surface area contributed by atoms with Gasteiger partial charge in [0.2, 0.25) is 0 Å². The maximum absolute atomic E-state index is 12.7. The fraction of sp³-hybridized carbons (Fsp3) is 0.786. The van der Waals surface area contributed by atoms with E-state index >= 15 is 0 Å². The van der Waals surface area contributed by atoms with Crippen molar-refractivity contribution in [1.82, 2.24) is 10.3 Å². The standard InChI is InChI=1S/C14H19F3N2S/c1-2-6-18-12(11-8-4-3-5-9(8)11)10-7-19-13(20-10)14(15,16)17/h7-9,11-12,18H,2-6H2,1H3. The predicted octanol–water partition coefficient (Wildman–Crippen LogP) is 4.25. The lowest BCUT2D eigenvalue weighted by Gasteiger charge is -2.18. The fourth-order valence-corrected chi connectivity index (χ4v) is 4.58. The van der Waals surface area contributed by atoms with E-state index in [-0.39, 0.29) is 6.04 Å². The highest BCUT2D eigenvalue weighted by atomic mass is 32.1. The number of rotatable bonds is 5. The van der Waals surface area contributed by atoms with Crippen LogP contribution in [-0.4, -0.2) is 11.5 Å². The molecule has 1 N–H and O–H groups in total. The van der Waals surface area contributed by atoms with Gasteiger partial charge in [-0.3, -0.25) is 0 Å². The van der Waals surface area contributed by atoms with Gasteiger partial charge < -0.3 is 5.32 Å². The molecular formula is C14H19F3N2S. The lowest BCUT2D eigenvalue weighted by atomic mass is 10.0. The van der Waals surface area contributed by atoms with Crippen molar-refractivity contribution in [3.8, 4) is 0 Å². The van der Waals surface area contributed by atoms with Gasteiger partial charge in [0.25, 0.3) is 0 Å². The van der Waals surface area contributed by atoms with Gasteiger partial charge in [0.15, 0.2) is 5.01 Å². The van der Waals surface area contributed by atoms with Crippen LogP contribution in [0.5, 0.6) is 0 Å². The van der Waals surface area contributed by atoms with E-state index in [9.17, 15) is 13.2 Å². The van der Waals surface area contributed by atoms with Gasteiger partial charge in [0.1, 0.15) is 0 Å². The zero-order valence-corrected chi connectivity index (χ0v) is 12.2. The molecule has 2 saturated carbocycles. The Balaban J connectivity index is 1.77. The number of fused-ring (bicyclic) bond motifs is 1. The van der Waals surface area contributed by atoms with E-state index in [0.717, 1.165) is 41.0 Å². The topological polar surface area (TPSA) is 24.9 Å². The lowest BCUT2D eigenvalue weighted by molar-refractivity contribution is -0.137. The number of aromatic nitrogens is 1. The predicted molar refractivity (Wildman–Crippen MR) is 72.5 cm³/mol. The summed E-state index contributed by atoms with van der Waals surface area (Å²) in [6, 6.07) is 0.0684. The van der Waals surface area contributed by atoms with Crippen LogP contribution in [0.25, 0.3) is 0 Å². The van der Waals surface area contributed by atoms with Crippen LogP contribution in [0.4, 0.5) is 13.2 Å². The average Bonchev–Trinajstić information content (AvgIpc) is 2.83. The van der Waals surface area contributed by atoms with E-state index in [1.165, 1.54) is 25.5 Å². The molecule has 0 spiro atoms. The highest BCUT2D eigenvalue weighted by Gasteiger charge is 2.56. The van der Waals surface area contributed by atoms with Gasteiger partial charge in [-0.2, -0.15) is 13.2 Å². The van der Waals surface area contributed by atoms with Crippen LogP contribution in [0.1, 0.15) is 48.5 Å². The Labute approximate surface area is 120 Å². The molecular weight excluding hydrogens is 285 g/mol. The summed E-state index contributed by atoms with van der Waals surface area (Å²) in [6.45, 7) is 2.92. The number of hydrogen-bond donors (Lipinski definition) is 1. The Morgan fingerprint density at radius 3 is 2.65 bits per heavy atom. The molecule has 3 rings (SSSR count). The van der Waals surface area contributed by atoms with Crippen molar-refractivity contribution in [3.63, 3.8) is 0 Å². The molecule has 2 fully saturated rings. The molecule has 20 heavy (non-hydrogen) atoms. The first-order valence-electron chi connectivity index (χ1n) is 7.28. The first-order valence-corrected chi connectivity index (χ1v) is 8.10. The number of thiazole rings is 1. The zero-order valence-electron chi connectivity index (χ0n) is 11.4. The summed E-state index contributed by atoms with van der Waals surface area (Å²) in [5.41, 5.74) is 0. The van der Waals surface area contributed by atoms with Gasteiger partial charge in [-0.25, -0.2) is 4.98 Å². The SMILES string of the molecule is CCCNC(c1cnc(C(F)(F)F)s1)C1C2CCCC21. The van der Waals surface area contributed by atoms with Crippen molar-refractivity contribution >= 4 is 11.3 Å². The monoisotopic (exact) mass is 304 g/mol. The Kier molecular flexibility index (Phi) is 3.79. The van der Waals surface area contributed by atoms with Gasteiger partial charge in [0.05, 0.1) is 0 Å². The molecule has 2 aliphatic rings. The smallest absolute Gasteiger partial charge is 0.309 e. The molecule has 0 aliphatic heterocycles. The third-order valence-corrected chi connectivity index (χ3v) is 5.67. The lowest BCUT2D eigenvalue weighted by Crippen LogP contribution is -2.24. The molecule has 0 radical (unpaired) electrons. The molecule has 0 aromatic carbocycles. The van der Waals surface area contributed by atoms with Crippen LogP contribution in [0.3, 0.4) is 0 Å². The number of alkyl halides is 3. The first-order chi connectivity index (χ1) is 9.52. The molecule has 3 atom stereocenters. The molecule has 2 aliphatic carbocycles. The van der Waals surface area contributed by atoms with Gasteiger partial charge in [-0.05, 0) is 43.6 Å². The van der Waals surface area contributed by atoms with Crippen molar-refractivity contribution in [2.24, 2.45) is 17.8 Å². The molecule has 0 amide bonds. The maximum atomic E-state index is 12.7. The molecule has 1 aromatic heterocycles. The van der Waals surface area contributed by atoms with Crippen LogP contribution in [0, 0.1) is 17.8 Å². The molecule has 1 aromatic rings. The first kappa shape index (κ1) is 14.3. The number of hydrogen-bond acceptors (Lipinski definition) is 3. The Bertz CT molecular complexity index is 461. The molecule has 0 bridgehead atoms. The van der Waals surface area contributed by atoms with E-state index in [1.807, 2.05) is 0 Å². The number of halogens is 3. The quantitative estimate of drug-likeness (QED) is 0.879. The normalized spacial score (nSPS) is 30.3. The second-order valence-corrected chi connectivity index (χ2v) is 6.90. The van der Waals surface area contributed by atoms with Crippen LogP contribution < -0.4 is 5.32 Å². The minimum absolute atomic E-state index is 0.0684. The van der Waals surface area contributed by atoms with Crippen LogP contribution in [-0.2, 0) is 6.18 Å². The molecule has 1 heterocycles. The van der Waals surface area contributed by atoms with Gasteiger partial charge >= 0.3 is 6.18 Å². The average molecular weight is 304 g/mol. The number of nitrogens with one attached hydrogen (secondary N) is 1. The summed E-state index contributed by atoms with van der Waals surface area (Å²) in [6.07, 6.45) is 1.86.